The first-order valence-electron chi connectivity index (χ1n) is 11.8. The summed E-state index contributed by atoms with van der Waals surface area (Å²) in [6.07, 6.45) is 4.75. The summed E-state index contributed by atoms with van der Waals surface area (Å²) in [5, 5.41) is 4.96. The van der Waals surface area contributed by atoms with Crippen LogP contribution in [0, 0.1) is 5.92 Å². The highest BCUT2D eigenvalue weighted by Gasteiger charge is 2.52. The standard InChI is InChI=1S/C25H24N4O4S2/c30-18-13-29(24(32)15-3-1-2-8-26-15)17-6-9-28(22(17)18)25(33)16(11-14-4-5-14)27-23(31)21-12-20-19(35-21)7-10-34-20/h1-3,7-8,10,12,14,16-17,22H,4-6,9,11,13H2,(H,27,31). The molecule has 180 valence electrons. The van der Waals surface area contributed by atoms with Gasteiger partial charge in [0.05, 0.1) is 17.5 Å². The third-order valence-electron chi connectivity index (χ3n) is 7.08. The molecule has 3 aliphatic rings. The number of aromatic nitrogens is 1. The summed E-state index contributed by atoms with van der Waals surface area (Å²) in [5.74, 6) is -0.494. The zero-order valence-electron chi connectivity index (χ0n) is 18.9. The van der Waals surface area contributed by atoms with Gasteiger partial charge < -0.3 is 15.1 Å². The van der Waals surface area contributed by atoms with Crippen LogP contribution in [0.4, 0.5) is 0 Å². The Kier molecular flexibility index (Phi) is 5.64. The van der Waals surface area contributed by atoms with Crippen LogP contribution in [0.5, 0.6) is 0 Å². The van der Waals surface area contributed by atoms with Gasteiger partial charge in [0, 0.05) is 22.1 Å². The molecule has 0 aromatic carbocycles. The number of rotatable bonds is 6. The van der Waals surface area contributed by atoms with E-state index < -0.39 is 12.1 Å². The topological polar surface area (TPSA) is 99.7 Å². The lowest BCUT2D eigenvalue weighted by molar-refractivity contribution is -0.138. The van der Waals surface area contributed by atoms with Gasteiger partial charge in [0.2, 0.25) is 5.91 Å². The van der Waals surface area contributed by atoms with E-state index in [0.717, 1.165) is 22.2 Å². The normalized spacial score (nSPS) is 22.5. The maximum absolute atomic E-state index is 13.7. The molecule has 35 heavy (non-hydrogen) atoms. The fourth-order valence-electron chi connectivity index (χ4n) is 5.19. The van der Waals surface area contributed by atoms with Crippen molar-refractivity contribution in [2.24, 2.45) is 5.92 Å². The van der Waals surface area contributed by atoms with Crippen LogP contribution >= 0.6 is 22.7 Å². The molecule has 3 amide bonds. The molecule has 8 nitrogen and oxygen atoms in total. The molecule has 1 saturated carbocycles. The molecule has 1 aliphatic carbocycles. The Morgan fingerprint density at radius 1 is 1.11 bits per heavy atom. The highest BCUT2D eigenvalue weighted by atomic mass is 32.1. The number of Topliss-reactive ketones (excluding diaryl/α,β-unsaturated/α-hetero) is 1. The van der Waals surface area contributed by atoms with Gasteiger partial charge in [0.1, 0.15) is 17.8 Å². The lowest BCUT2D eigenvalue weighted by Gasteiger charge is -2.28. The first-order valence-corrected chi connectivity index (χ1v) is 13.5. The van der Waals surface area contributed by atoms with Gasteiger partial charge in [-0.2, -0.15) is 0 Å². The Balaban J connectivity index is 1.19. The van der Waals surface area contributed by atoms with Gasteiger partial charge in [-0.1, -0.05) is 18.9 Å². The van der Waals surface area contributed by atoms with Crippen molar-refractivity contribution in [3.63, 3.8) is 0 Å². The zero-order valence-corrected chi connectivity index (χ0v) is 20.5. The van der Waals surface area contributed by atoms with Crippen molar-refractivity contribution < 1.29 is 19.2 Å². The predicted octanol–water partition coefficient (Wildman–Crippen LogP) is 2.95. The van der Waals surface area contributed by atoms with Crippen molar-refractivity contribution in [1.29, 1.82) is 0 Å². The molecule has 3 atom stereocenters. The molecular weight excluding hydrogens is 484 g/mol. The predicted molar refractivity (Wildman–Crippen MR) is 132 cm³/mol. The molecule has 3 unspecified atom stereocenters. The molecule has 2 saturated heterocycles. The maximum atomic E-state index is 13.7. The summed E-state index contributed by atoms with van der Waals surface area (Å²) in [5.41, 5.74) is 0.292. The molecule has 0 radical (unpaired) electrons. The molecule has 1 N–H and O–H groups in total. The van der Waals surface area contributed by atoms with E-state index >= 15 is 0 Å². The number of likely N-dealkylation sites (tertiary alicyclic amines) is 2. The Hall–Kier alpha value is -3.11. The van der Waals surface area contributed by atoms with Crippen molar-refractivity contribution >= 4 is 55.6 Å². The SMILES string of the molecule is O=C(NC(CC1CC1)C(=O)N1CCC2C1C(=O)CN2C(=O)c1ccccn1)c1cc2sccc2s1. The van der Waals surface area contributed by atoms with Crippen LogP contribution in [0.25, 0.3) is 9.40 Å². The largest absolute Gasteiger partial charge is 0.340 e. The third kappa shape index (κ3) is 4.14. The van der Waals surface area contributed by atoms with Crippen LogP contribution in [0.3, 0.4) is 0 Å². The molecule has 3 fully saturated rings. The summed E-state index contributed by atoms with van der Waals surface area (Å²) in [6.45, 7) is 0.359. The Bertz CT molecular complexity index is 1290. The van der Waals surface area contributed by atoms with Crippen molar-refractivity contribution in [2.75, 3.05) is 13.1 Å². The van der Waals surface area contributed by atoms with Gasteiger partial charge in [0.25, 0.3) is 11.8 Å². The highest BCUT2D eigenvalue weighted by Crippen LogP contribution is 2.36. The number of hydrogen-bond donors (Lipinski definition) is 1. The molecule has 10 heteroatoms. The van der Waals surface area contributed by atoms with Crippen LogP contribution in [-0.2, 0) is 9.59 Å². The molecular formula is C25H24N4O4S2. The first-order chi connectivity index (χ1) is 17.0. The van der Waals surface area contributed by atoms with E-state index in [1.54, 1.807) is 45.5 Å². The number of carbonyl (C=O) groups is 4. The Labute approximate surface area is 209 Å². The minimum absolute atomic E-state index is 0.0277. The summed E-state index contributed by atoms with van der Waals surface area (Å²) < 4.78 is 2.11. The smallest absolute Gasteiger partial charge is 0.273 e. The maximum Gasteiger partial charge on any atom is 0.273 e. The van der Waals surface area contributed by atoms with Crippen LogP contribution < -0.4 is 5.32 Å². The lowest BCUT2D eigenvalue weighted by Crippen LogP contribution is -2.52. The fraction of sp³-hybridized carbons (Fsp3) is 0.400. The molecule has 5 heterocycles. The van der Waals surface area contributed by atoms with E-state index in [4.69, 9.17) is 0 Å². The molecule has 3 aromatic rings. The van der Waals surface area contributed by atoms with Gasteiger partial charge in [-0.3, -0.25) is 24.2 Å². The fourth-order valence-corrected chi connectivity index (χ4v) is 7.20. The average Bonchev–Trinajstić information content (AvgIpc) is 3.21. The molecule has 6 rings (SSSR count). The third-order valence-corrected chi connectivity index (χ3v) is 9.18. The van der Waals surface area contributed by atoms with E-state index in [0.29, 0.717) is 35.9 Å². The molecule has 0 spiro atoms. The van der Waals surface area contributed by atoms with Crippen molar-refractivity contribution in [2.45, 2.75) is 43.8 Å². The number of thiophene rings is 2. The molecule has 3 aromatic heterocycles. The van der Waals surface area contributed by atoms with Crippen LogP contribution in [0.2, 0.25) is 0 Å². The van der Waals surface area contributed by atoms with E-state index in [2.05, 4.69) is 10.3 Å². The number of ketones is 1. The second-order valence-electron chi connectivity index (χ2n) is 9.41. The second kappa shape index (κ2) is 8.83. The Morgan fingerprint density at radius 2 is 1.97 bits per heavy atom. The number of amides is 3. The summed E-state index contributed by atoms with van der Waals surface area (Å²) in [4.78, 5) is 60.6. The highest BCUT2D eigenvalue weighted by molar-refractivity contribution is 7.27. The van der Waals surface area contributed by atoms with E-state index in [-0.39, 0.29) is 36.1 Å². The number of hydrogen-bond acceptors (Lipinski definition) is 7. The minimum atomic E-state index is -0.678. The van der Waals surface area contributed by atoms with Crippen molar-refractivity contribution in [3.05, 3.63) is 52.5 Å². The van der Waals surface area contributed by atoms with E-state index in [9.17, 15) is 19.2 Å². The second-order valence-corrected chi connectivity index (χ2v) is 11.4. The number of pyridine rings is 1. The monoisotopic (exact) mass is 508 g/mol. The van der Waals surface area contributed by atoms with Crippen LogP contribution in [-0.4, -0.2) is 69.5 Å². The van der Waals surface area contributed by atoms with Crippen molar-refractivity contribution in [1.82, 2.24) is 20.1 Å². The number of nitrogens with one attached hydrogen (secondary N) is 1. The molecule has 2 aliphatic heterocycles. The lowest BCUT2D eigenvalue weighted by atomic mass is 10.1. The summed E-state index contributed by atoms with van der Waals surface area (Å²) in [6, 6.07) is 7.26. The zero-order chi connectivity index (χ0) is 24.1. The van der Waals surface area contributed by atoms with Gasteiger partial charge in [-0.05, 0) is 48.4 Å². The first kappa shape index (κ1) is 22.4. The van der Waals surface area contributed by atoms with E-state index in [1.807, 2.05) is 17.5 Å². The van der Waals surface area contributed by atoms with Gasteiger partial charge >= 0.3 is 0 Å². The van der Waals surface area contributed by atoms with E-state index in [1.165, 1.54) is 11.3 Å². The van der Waals surface area contributed by atoms with Gasteiger partial charge in [-0.25, -0.2) is 0 Å². The summed E-state index contributed by atoms with van der Waals surface area (Å²) >= 11 is 3.00. The Morgan fingerprint density at radius 3 is 2.71 bits per heavy atom. The van der Waals surface area contributed by atoms with Crippen LogP contribution in [0.1, 0.15) is 45.8 Å². The van der Waals surface area contributed by atoms with Gasteiger partial charge in [-0.15, -0.1) is 22.7 Å². The van der Waals surface area contributed by atoms with Gasteiger partial charge in [0.15, 0.2) is 5.78 Å². The number of fused-ring (bicyclic) bond motifs is 2. The van der Waals surface area contributed by atoms with Crippen LogP contribution in [0.15, 0.2) is 41.9 Å². The van der Waals surface area contributed by atoms with Crippen molar-refractivity contribution in [3.8, 4) is 0 Å². The number of nitrogens with zero attached hydrogens (tertiary/aromatic N) is 3. The summed E-state index contributed by atoms with van der Waals surface area (Å²) in [7, 11) is 0. The number of carbonyl (C=O) groups excluding carboxylic acids is 4. The quantitative estimate of drug-likeness (QED) is 0.552. The average molecular weight is 509 g/mol. The molecule has 0 bridgehead atoms. The minimum Gasteiger partial charge on any atom is -0.340 e.